The maximum Gasteiger partial charge on any atom is 0.229 e. The van der Waals surface area contributed by atoms with Gasteiger partial charge in [0.15, 0.2) is 0 Å². The fraction of sp³-hybridized carbons (Fsp3) is 0.467. The lowest BCUT2D eigenvalue weighted by Gasteiger charge is -2.18. The van der Waals surface area contributed by atoms with Crippen molar-refractivity contribution in [2.45, 2.75) is 27.7 Å². The number of aryl methyl sites for hydroxylation is 1. The number of ether oxygens (including phenoxy) is 1. The van der Waals surface area contributed by atoms with Crippen LogP contribution in [0.3, 0.4) is 0 Å². The van der Waals surface area contributed by atoms with Crippen LogP contribution < -0.4 is 10.1 Å². The highest BCUT2D eigenvalue weighted by Gasteiger charge is 2.23. The Hall–Kier alpha value is -1.31. The van der Waals surface area contributed by atoms with Crippen molar-refractivity contribution in [2.24, 2.45) is 12.5 Å². The van der Waals surface area contributed by atoms with Crippen molar-refractivity contribution in [3.8, 4) is 5.75 Å². The molecule has 0 unspecified atom stereocenters. The Kier molecular flexibility index (Phi) is 4.46. The van der Waals surface area contributed by atoms with Crippen molar-refractivity contribution in [3.63, 3.8) is 0 Å². The molecule has 0 fully saturated rings. The van der Waals surface area contributed by atoms with E-state index in [1.54, 1.807) is 4.68 Å². The first-order valence-electron chi connectivity index (χ1n) is 6.85. The molecule has 0 aliphatic rings. The summed E-state index contributed by atoms with van der Waals surface area (Å²) in [6.07, 6.45) is 0. The van der Waals surface area contributed by atoms with Gasteiger partial charge in [-0.3, -0.25) is 9.48 Å². The largest absolute Gasteiger partial charge is 0.493 e. The molecule has 0 atom stereocenters. The lowest BCUT2D eigenvalue weighted by molar-refractivity contribution is -0.123. The zero-order valence-electron chi connectivity index (χ0n) is 13.0. The molecule has 0 saturated carbocycles. The highest BCUT2D eigenvalue weighted by molar-refractivity contribution is 14.1. The first-order chi connectivity index (χ1) is 9.75. The minimum Gasteiger partial charge on any atom is -0.493 e. The molecule has 0 radical (unpaired) electrons. The Balaban J connectivity index is 2.56. The first-order valence-corrected chi connectivity index (χ1v) is 7.93. The molecule has 0 aliphatic heterocycles. The van der Waals surface area contributed by atoms with Crippen molar-refractivity contribution in [3.05, 3.63) is 15.8 Å². The standard InChI is InChI=1S/C15H20IN3O2/c1-6-21-10-8-7-9(17-14(20)15(2,3)4)12-11(10)13(16)18-19(12)5/h7-8H,6H2,1-5H3,(H,17,20). The summed E-state index contributed by atoms with van der Waals surface area (Å²) in [7, 11) is 1.87. The van der Waals surface area contributed by atoms with E-state index < -0.39 is 5.41 Å². The fourth-order valence-corrected chi connectivity index (χ4v) is 2.87. The van der Waals surface area contributed by atoms with E-state index >= 15 is 0 Å². The van der Waals surface area contributed by atoms with E-state index in [2.05, 4.69) is 33.0 Å². The van der Waals surface area contributed by atoms with Crippen LogP contribution in [0.25, 0.3) is 10.9 Å². The Labute approximate surface area is 138 Å². The number of hydrogen-bond acceptors (Lipinski definition) is 3. The summed E-state index contributed by atoms with van der Waals surface area (Å²) in [5.74, 6) is 0.767. The second-order valence-electron chi connectivity index (χ2n) is 5.89. The molecule has 0 saturated heterocycles. The molecule has 6 heteroatoms. The van der Waals surface area contributed by atoms with E-state index in [0.717, 1.165) is 26.0 Å². The van der Waals surface area contributed by atoms with Crippen molar-refractivity contribution in [2.75, 3.05) is 11.9 Å². The number of benzene rings is 1. The molecular weight excluding hydrogens is 381 g/mol. The normalized spacial score (nSPS) is 11.7. The molecule has 5 nitrogen and oxygen atoms in total. The van der Waals surface area contributed by atoms with Gasteiger partial charge in [-0.25, -0.2) is 0 Å². The quantitative estimate of drug-likeness (QED) is 0.801. The zero-order chi connectivity index (χ0) is 15.8. The second kappa shape index (κ2) is 5.82. The number of nitrogens with zero attached hydrogens (tertiary/aromatic N) is 2. The van der Waals surface area contributed by atoms with Crippen molar-refractivity contribution in [1.82, 2.24) is 9.78 Å². The van der Waals surface area contributed by atoms with Gasteiger partial charge in [0.25, 0.3) is 0 Å². The van der Waals surface area contributed by atoms with Crippen LogP contribution in [0.5, 0.6) is 5.75 Å². The number of amides is 1. The Morgan fingerprint density at radius 2 is 2.10 bits per heavy atom. The molecule has 0 bridgehead atoms. The molecule has 114 valence electrons. The molecule has 1 aromatic heterocycles. The van der Waals surface area contributed by atoms with Gasteiger partial charge in [0.05, 0.1) is 23.2 Å². The molecule has 2 aromatic rings. The number of aromatic nitrogens is 2. The monoisotopic (exact) mass is 401 g/mol. The summed E-state index contributed by atoms with van der Waals surface area (Å²) in [4.78, 5) is 12.2. The van der Waals surface area contributed by atoms with E-state index in [1.807, 2.05) is 46.9 Å². The van der Waals surface area contributed by atoms with E-state index in [9.17, 15) is 4.79 Å². The van der Waals surface area contributed by atoms with Gasteiger partial charge >= 0.3 is 0 Å². The Morgan fingerprint density at radius 1 is 1.43 bits per heavy atom. The predicted molar refractivity (Wildman–Crippen MR) is 92.7 cm³/mol. The summed E-state index contributed by atoms with van der Waals surface area (Å²) >= 11 is 2.19. The number of nitrogens with one attached hydrogen (secondary N) is 1. The summed E-state index contributed by atoms with van der Waals surface area (Å²) < 4.78 is 8.31. The third-order valence-corrected chi connectivity index (χ3v) is 3.89. The van der Waals surface area contributed by atoms with Crippen molar-refractivity contribution >= 4 is 45.1 Å². The minimum absolute atomic E-state index is 0.0239. The van der Waals surface area contributed by atoms with Crippen LogP contribution in [0.1, 0.15) is 27.7 Å². The zero-order valence-corrected chi connectivity index (χ0v) is 15.1. The molecule has 1 aromatic carbocycles. The number of rotatable bonds is 3. The summed E-state index contributed by atoms with van der Waals surface area (Å²) in [5.41, 5.74) is 1.19. The lowest BCUT2D eigenvalue weighted by atomic mass is 9.95. The first kappa shape index (κ1) is 16.1. The molecule has 21 heavy (non-hydrogen) atoms. The van der Waals surface area contributed by atoms with Crippen LogP contribution in [-0.2, 0) is 11.8 Å². The molecule has 1 heterocycles. The molecule has 2 rings (SSSR count). The van der Waals surface area contributed by atoms with Crippen LogP contribution in [0.4, 0.5) is 5.69 Å². The number of fused-ring (bicyclic) bond motifs is 1. The highest BCUT2D eigenvalue weighted by atomic mass is 127. The summed E-state index contributed by atoms with van der Waals surface area (Å²) in [6.45, 7) is 8.21. The molecule has 1 N–H and O–H groups in total. The average molecular weight is 401 g/mol. The third-order valence-electron chi connectivity index (χ3n) is 3.14. The number of carbonyl (C=O) groups is 1. The smallest absolute Gasteiger partial charge is 0.229 e. The second-order valence-corrected chi connectivity index (χ2v) is 6.91. The van der Waals surface area contributed by atoms with Crippen LogP contribution in [0.15, 0.2) is 12.1 Å². The maximum atomic E-state index is 12.2. The van der Waals surface area contributed by atoms with Gasteiger partial charge in [0.2, 0.25) is 5.91 Å². The highest BCUT2D eigenvalue weighted by Crippen LogP contribution is 2.35. The molecule has 0 spiro atoms. The molecule has 1 amide bonds. The van der Waals surface area contributed by atoms with Crippen LogP contribution in [-0.4, -0.2) is 22.3 Å². The van der Waals surface area contributed by atoms with Gasteiger partial charge in [-0.1, -0.05) is 20.8 Å². The summed E-state index contributed by atoms with van der Waals surface area (Å²) in [6, 6.07) is 3.75. The Bertz CT molecular complexity index is 686. The van der Waals surface area contributed by atoms with Crippen LogP contribution in [0.2, 0.25) is 0 Å². The van der Waals surface area contributed by atoms with Crippen LogP contribution >= 0.6 is 22.6 Å². The summed E-state index contributed by atoms with van der Waals surface area (Å²) in [5, 5.41) is 8.36. The fourth-order valence-electron chi connectivity index (χ4n) is 2.03. The van der Waals surface area contributed by atoms with E-state index in [4.69, 9.17) is 4.74 Å². The predicted octanol–water partition coefficient (Wildman–Crippen LogP) is 3.56. The van der Waals surface area contributed by atoms with E-state index in [1.165, 1.54) is 0 Å². The topological polar surface area (TPSA) is 56.1 Å². The number of hydrogen-bond donors (Lipinski definition) is 1. The third kappa shape index (κ3) is 3.14. The van der Waals surface area contributed by atoms with Crippen LogP contribution in [0, 0.1) is 9.12 Å². The SMILES string of the molecule is CCOc1ccc(NC(=O)C(C)(C)C)c2c1c(I)nn2C. The maximum absolute atomic E-state index is 12.2. The lowest BCUT2D eigenvalue weighted by Crippen LogP contribution is -2.27. The van der Waals surface area contributed by atoms with Gasteiger partial charge < -0.3 is 10.1 Å². The van der Waals surface area contributed by atoms with Crippen molar-refractivity contribution < 1.29 is 9.53 Å². The Morgan fingerprint density at radius 3 is 2.67 bits per heavy atom. The number of anilines is 1. The van der Waals surface area contributed by atoms with Gasteiger partial charge in [-0.15, -0.1) is 0 Å². The molecule has 0 aliphatic carbocycles. The number of carbonyl (C=O) groups excluding carboxylic acids is 1. The van der Waals surface area contributed by atoms with Crippen molar-refractivity contribution in [1.29, 1.82) is 0 Å². The molecular formula is C15H20IN3O2. The number of halogens is 1. The van der Waals surface area contributed by atoms with E-state index in [0.29, 0.717) is 6.61 Å². The van der Waals surface area contributed by atoms with Gasteiger partial charge in [0.1, 0.15) is 9.45 Å². The van der Waals surface area contributed by atoms with Gasteiger partial charge in [0, 0.05) is 12.5 Å². The minimum atomic E-state index is -0.448. The average Bonchev–Trinajstić information content (AvgIpc) is 2.67. The van der Waals surface area contributed by atoms with Gasteiger partial charge in [-0.2, -0.15) is 5.10 Å². The van der Waals surface area contributed by atoms with E-state index in [-0.39, 0.29) is 5.91 Å². The van der Waals surface area contributed by atoms with Gasteiger partial charge in [-0.05, 0) is 41.6 Å².